The molecular weight excluding hydrogens is 472 g/mol. The van der Waals surface area contributed by atoms with E-state index in [9.17, 15) is 5.11 Å². The Labute approximate surface area is 225 Å². The Kier molecular flexibility index (Phi) is 8.22. The molecule has 0 spiro atoms. The van der Waals surface area contributed by atoms with Crippen LogP contribution in [0.1, 0.15) is 60.1 Å². The van der Waals surface area contributed by atoms with Gasteiger partial charge >= 0.3 is 0 Å². The van der Waals surface area contributed by atoms with Crippen molar-refractivity contribution in [3.63, 3.8) is 0 Å². The predicted octanol–water partition coefficient (Wildman–Crippen LogP) is 6.28. The fourth-order valence-corrected chi connectivity index (χ4v) is 5.30. The Morgan fingerprint density at radius 3 is 2.18 bits per heavy atom. The summed E-state index contributed by atoms with van der Waals surface area (Å²) < 4.78 is 13.2. The van der Waals surface area contributed by atoms with Crippen molar-refractivity contribution in [1.29, 1.82) is 0 Å². The molecule has 3 N–H and O–H groups in total. The molecule has 4 aromatic rings. The Morgan fingerprint density at radius 2 is 1.50 bits per heavy atom. The molecule has 1 aliphatic heterocycles. The highest BCUT2D eigenvalue weighted by atomic mass is 16.7. The third-order valence-electron chi connectivity index (χ3n) is 8.00. The molecule has 38 heavy (non-hydrogen) atoms. The molecule has 1 aliphatic rings. The van der Waals surface area contributed by atoms with Gasteiger partial charge in [-0.05, 0) is 53.1 Å². The van der Waals surface area contributed by atoms with Crippen molar-refractivity contribution in [3.8, 4) is 0 Å². The Hall–Kier alpha value is -3.06. The van der Waals surface area contributed by atoms with Crippen molar-refractivity contribution in [2.75, 3.05) is 13.6 Å². The van der Waals surface area contributed by atoms with Gasteiger partial charge in [-0.3, -0.25) is 4.90 Å². The lowest BCUT2D eigenvalue weighted by Crippen LogP contribution is -2.44. The fourth-order valence-electron chi connectivity index (χ4n) is 5.30. The topological polar surface area (TPSA) is 68.0 Å². The number of aliphatic hydroxyl groups is 1. The van der Waals surface area contributed by atoms with E-state index in [1.165, 1.54) is 16.3 Å². The van der Waals surface area contributed by atoms with Gasteiger partial charge in [-0.15, -0.1) is 0 Å². The molecule has 0 bridgehead atoms. The summed E-state index contributed by atoms with van der Waals surface area (Å²) in [7, 11) is 2.17. The van der Waals surface area contributed by atoms with Crippen molar-refractivity contribution < 1.29 is 14.6 Å². The number of nitrogens with zero attached hydrogens (tertiary/aromatic N) is 1. The van der Waals surface area contributed by atoms with Gasteiger partial charge in [0.2, 0.25) is 0 Å². The third kappa shape index (κ3) is 5.68. The van der Waals surface area contributed by atoms with Gasteiger partial charge < -0.3 is 20.3 Å². The number of hydrogen-bond donors (Lipinski definition) is 2. The molecule has 0 unspecified atom stereocenters. The predicted molar refractivity (Wildman–Crippen MR) is 152 cm³/mol. The van der Waals surface area contributed by atoms with E-state index in [1.54, 1.807) is 0 Å². The van der Waals surface area contributed by atoms with E-state index in [-0.39, 0.29) is 30.8 Å². The molecule has 5 nitrogen and oxygen atoms in total. The van der Waals surface area contributed by atoms with Gasteiger partial charge in [0.1, 0.15) is 0 Å². The summed E-state index contributed by atoms with van der Waals surface area (Å²) in [5.74, 6) is 0.126. The van der Waals surface area contributed by atoms with Crippen LogP contribution in [0.3, 0.4) is 0 Å². The van der Waals surface area contributed by atoms with Gasteiger partial charge in [0.15, 0.2) is 6.29 Å². The van der Waals surface area contributed by atoms with Crippen LogP contribution in [0.5, 0.6) is 0 Å². The lowest BCUT2D eigenvalue weighted by atomic mass is 9.89. The monoisotopic (exact) mass is 510 g/mol. The van der Waals surface area contributed by atoms with Crippen molar-refractivity contribution in [3.05, 3.63) is 119 Å². The second-order valence-corrected chi connectivity index (χ2v) is 10.5. The molecule has 0 aliphatic carbocycles. The highest BCUT2D eigenvalue weighted by molar-refractivity contribution is 5.83. The molecule has 0 amide bonds. The van der Waals surface area contributed by atoms with Crippen LogP contribution in [0, 0.1) is 5.92 Å². The van der Waals surface area contributed by atoms with Crippen molar-refractivity contribution in [2.24, 2.45) is 11.7 Å². The molecule has 5 heteroatoms. The van der Waals surface area contributed by atoms with Crippen LogP contribution in [0.2, 0.25) is 0 Å². The van der Waals surface area contributed by atoms with Gasteiger partial charge in [0.25, 0.3) is 0 Å². The number of rotatable bonds is 8. The first kappa shape index (κ1) is 26.5. The summed E-state index contributed by atoms with van der Waals surface area (Å²) in [5, 5.41) is 12.0. The van der Waals surface area contributed by atoms with Crippen LogP contribution in [0.15, 0.2) is 91.0 Å². The third-order valence-corrected chi connectivity index (χ3v) is 8.00. The fraction of sp³-hybridized carbons (Fsp3) is 0.333. The average molecular weight is 511 g/mol. The minimum atomic E-state index is -0.477. The summed E-state index contributed by atoms with van der Waals surface area (Å²) >= 11 is 0. The van der Waals surface area contributed by atoms with E-state index in [0.717, 1.165) is 28.8 Å². The number of ether oxygens (including phenoxy) is 2. The average Bonchev–Trinajstić information content (AvgIpc) is 2.97. The first-order valence-electron chi connectivity index (χ1n) is 13.4. The van der Waals surface area contributed by atoms with E-state index in [1.807, 2.05) is 36.4 Å². The van der Waals surface area contributed by atoms with E-state index in [2.05, 4.69) is 80.4 Å². The molecule has 0 saturated carbocycles. The summed E-state index contributed by atoms with van der Waals surface area (Å²) in [6, 6.07) is 31.7. The maximum absolute atomic E-state index is 9.50. The maximum Gasteiger partial charge on any atom is 0.184 e. The van der Waals surface area contributed by atoms with Crippen LogP contribution < -0.4 is 5.73 Å². The smallest absolute Gasteiger partial charge is 0.184 e. The Balaban J connectivity index is 1.39. The van der Waals surface area contributed by atoms with Gasteiger partial charge in [0.05, 0.1) is 18.8 Å². The van der Waals surface area contributed by atoms with E-state index >= 15 is 0 Å². The zero-order chi connectivity index (χ0) is 26.6. The summed E-state index contributed by atoms with van der Waals surface area (Å²) in [6.07, 6.45) is -0.654. The molecule has 1 saturated heterocycles. The number of benzene rings is 4. The molecule has 1 fully saturated rings. The summed E-state index contributed by atoms with van der Waals surface area (Å²) in [5.41, 5.74) is 11.2. The highest BCUT2D eigenvalue weighted by Crippen LogP contribution is 2.42. The van der Waals surface area contributed by atoms with E-state index in [0.29, 0.717) is 6.54 Å². The van der Waals surface area contributed by atoms with Crippen LogP contribution >= 0.6 is 0 Å². The molecule has 1 heterocycles. The van der Waals surface area contributed by atoms with E-state index in [4.69, 9.17) is 15.2 Å². The maximum atomic E-state index is 9.50. The second kappa shape index (κ2) is 11.8. The molecule has 5 rings (SSSR count). The van der Waals surface area contributed by atoms with Crippen LogP contribution in [-0.4, -0.2) is 29.7 Å². The highest BCUT2D eigenvalue weighted by Gasteiger charge is 2.39. The number of likely N-dealkylation sites (N-methyl/N-ethyl adjacent to an activating group) is 1. The zero-order valence-corrected chi connectivity index (χ0v) is 22.5. The standard InChI is InChI=1S/C33H38N2O3/c1-22-31(20-35(3)23(2)29-17-16-26-6-4-5-7-30(26)18-29)37-33(28-14-8-24(19-34)9-15-28)38-32(22)27-12-10-25(21-36)11-13-27/h4-18,22-23,31-33,36H,19-21,34H2,1-3H3/t22-,23+,31+,32+,33+/m0/s1. The lowest BCUT2D eigenvalue weighted by Gasteiger charge is -2.43. The van der Waals surface area contributed by atoms with Crippen LogP contribution in [0.25, 0.3) is 10.8 Å². The summed E-state index contributed by atoms with van der Waals surface area (Å²) in [4.78, 5) is 2.37. The first-order chi connectivity index (χ1) is 18.5. The van der Waals surface area contributed by atoms with Crippen LogP contribution in [0.4, 0.5) is 0 Å². The Bertz CT molecular complexity index is 1340. The van der Waals surface area contributed by atoms with E-state index < -0.39 is 6.29 Å². The minimum Gasteiger partial charge on any atom is -0.392 e. The molecule has 0 aromatic heterocycles. The normalized spacial score (nSPS) is 22.6. The number of nitrogens with two attached hydrogens (primary N) is 1. The van der Waals surface area contributed by atoms with Crippen molar-refractivity contribution in [2.45, 2.75) is 51.5 Å². The molecule has 0 radical (unpaired) electrons. The number of hydrogen-bond acceptors (Lipinski definition) is 5. The van der Waals surface area contributed by atoms with Crippen molar-refractivity contribution >= 4 is 10.8 Å². The van der Waals surface area contributed by atoms with Gasteiger partial charge in [-0.1, -0.05) is 91.9 Å². The van der Waals surface area contributed by atoms with Crippen LogP contribution in [-0.2, 0) is 22.6 Å². The SMILES string of the molecule is C[C@H]1[C@@H](CN(C)[C@H](C)c2ccc3ccccc3c2)O[C@@H](c2ccc(CN)cc2)O[C@H]1c1ccc(CO)cc1. The van der Waals surface area contributed by atoms with Gasteiger partial charge in [0, 0.05) is 30.6 Å². The molecular formula is C33H38N2O3. The second-order valence-electron chi connectivity index (χ2n) is 10.5. The number of aliphatic hydroxyl groups excluding tert-OH is 1. The Morgan fingerprint density at radius 1 is 0.842 bits per heavy atom. The molecule has 5 atom stereocenters. The quantitative estimate of drug-likeness (QED) is 0.292. The van der Waals surface area contributed by atoms with Crippen molar-refractivity contribution in [1.82, 2.24) is 4.90 Å². The molecule has 4 aromatic carbocycles. The summed E-state index contributed by atoms with van der Waals surface area (Å²) in [6.45, 7) is 5.76. The zero-order valence-electron chi connectivity index (χ0n) is 22.5. The number of fused-ring (bicyclic) bond motifs is 1. The molecule has 198 valence electrons. The first-order valence-corrected chi connectivity index (χ1v) is 13.4. The van der Waals surface area contributed by atoms with Gasteiger partial charge in [-0.25, -0.2) is 0 Å². The largest absolute Gasteiger partial charge is 0.392 e. The van der Waals surface area contributed by atoms with Gasteiger partial charge in [-0.2, -0.15) is 0 Å². The minimum absolute atomic E-state index is 0.0284. The lowest BCUT2D eigenvalue weighted by molar-refractivity contribution is -0.276.